The van der Waals surface area contributed by atoms with Crippen LogP contribution < -0.4 is 10.6 Å². The first kappa shape index (κ1) is 19.0. The second-order valence-electron chi connectivity index (χ2n) is 7.12. The summed E-state index contributed by atoms with van der Waals surface area (Å²) in [5.74, 6) is -0.280. The molecular formula is C21H25N3O3S. The molecule has 2 aromatic rings. The van der Waals surface area contributed by atoms with Gasteiger partial charge in [-0.05, 0) is 68.3 Å². The summed E-state index contributed by atoms with van der Waals surface area (Å²) >= 11 is 0. The second-order valence-corrected chi connectivity index (χ2v) is 9.06. The highest BCUT2D eigenvalue weighted by atomic mass is 32.2. The zero-order valence-corrected chi connectivity index (χ0v) is 17.0. The predicted molar refractivity (Wildman–Crippen MR) is 112 cm³/mol. The number of amides is 2. The molecule has 6 nitrogen and oxygen atoms in total. The summed E-state index contributed by atoms with van der Waals surface area (Å²) in [6.07, 6.45) is 5.25. The van der Waals surface area contributed by atoms with Crippen LogP contribution in [-0.2, 0) is 4.74 Å². The van der Waals surface area contributed by atoms with Crippen LogP contribution in [0.15, 0.2) is 35.4 Å². The Morgan fingerprint density at radius 1 is 1.43 bits per heavy atom. The molecule has 0 spiro atoms. The van der Waals surface area contributed by atoms with Gasteiger partial charge in [-0.25, -0.2) is 0 Å². The highest BCUT2D eigenvalue weighted by Crippen LogP contribution is 2.39. The first-order valence-corrected chi connectivity index (χ1v) is 10.9. The molecule has 2 aliphatic heterocycles. The Morgan fingerprint density at radius 3 is 3.04 bits per heavy atom. The Hall–Kier alpha value is -2.38. The number of nitrogens with zero attached hydrogens (tertiary/aromatic N) is 1. The van der Waals surface area contributed by atoms with Gasteiger partial charge in [-0.2, -0.15) is 0 Å². The van der Waals surface area contributed by atoms with Gasteiger partial charge in [0.1, 0.15) is 5.69 Å². The van der Waals surface area contributed by atoms with Crippen LogP contribution in [0.2, 0.25) is 0 Å². The molecule has 1 aromatic carbocycles. The van der Waals surface area contributed by atoms with E-state index < -0.39 is 0 Å². The number of carbonyl (C=O) groups excluding carboxylic acids is 2. The second kappa shape index (κ2) is 7.93. The SMILES string of the molecule is C/C=S1/c2ccc(C(=O)NCC[C@@H]3CCCO3)cc2NC(=O)c2cc(C)cn21. The van der Waals surface area contributed by atoms with Crippen molar-refractivity contribution in [2.45, 2.75) is 44.1 Å². The molecule has 2 aliphatic rings. The molecule has 0 bridgehead atoms. The molecule has 1 unspecified atom stereocenters. The van der Waals surface area contributed by atoms with E-state index in [1.54, 1.807) is 6.07 Å². The van der Waals surface area contributed by atoms with Gasteiger partial charge in [-0.15, -0.1) is 0 Å². The normalized spacial score (nSPS) is 21.0. The maximum atomic E-state index is 12.7. The summed E-state index contributed by atoms with van der Waals surface area (Å²) in [6.45, 7) is 5.39. The fourth-order valence-electron chi connectivity index (χ4n) is 3.70. The van der Waals surface area contributed by atoms with Crippen LogP contribution in [0.5, 0.6) is 0 Å². The lowest BCUT2D eigenvalue weighted by Gasteiger charge is -2.14. The Kier molecular flexibility index (Phi) is 5.37. The number of carbonyl (C=O) groups is 2. The van der Waals surface area contributed by atoms with E-state index in [-0.39, 0.29) is 28.6 Å². The van der Waals surface area contributed by atoms with Gasteiger partial charge in [-0.1, -0.05) is 10.7 Å². The highest BCUT2D eigenvalue weighted by Gasteiger charge is 2.23. The van der Waals surface area contributed by atoms with Crippen molar-refractivity contribution in [3.8, 4) is 0 Å². The molecule has 0 radical (unpaired) electrons. The Balaban J connectivity index is 1.55. The zero-order valence-electron chi connectivity index (χ0n) is 16.2. The molecule has 0 saturated carbocycles. The molecule has 2 N–H and O–H groups in total. The number of hydrogen-bond acceptors (Lipinski definition) is 3. The van der Waals surface area contributed by atoms with Crippen LogP contribution in [0.3, 0.4) is 0 Å². The topological polar surface area (TPSA) is 72.4 Å². The lowest BCUT2D eigenvalue weighted by atomic mass is 10.1. The van der Waals surface area contributed by atoms with Crippen LogP contribution >= 0.6 is 10.7 Å². The van der Waals surface area contributed by atoms with E-state index in [1.807, 2.05) is 42.2 Å². The maximum Gasteiger partial charge on any atom is 0.273 e. The maximum absolute atomic E-state index is 12.7. The summed E-state index contributed by atoms with van der Waals surface area (Å²) in [4.78, 5) is 26.2. The largest absolute Gasteiger partial charge is 0.378 e. The molecule has 3 heterocycles. The van der Waals surface area contributed by atoms with Gasteiger partial charge < -0.3 is 15.4 Å². The molecule has 1 aromatic heterocycles. The summed E-state index contributed by atoms with van der Waals surface area (Å²) in [7, 11) is -0.387. The summed E-state index contributed by atoms with van der Waals surface area (Å²) < 4.78 is 7.60. The molecule has 1 fully saturated rings. The third kappa shape index (κ3) is 3.64. The summed E-state index contributed by atoms with van der Waals surface area (Å²) in [6, 6.07) is 7.44. The average Bonchev–Trinajstić information content (AvgIpc) is 3.31. The van der Waals surface area contributed by atoms with Gasteiger partial charge in [0.2, 0.25) is 0 Å². The smallest absolute Gasteiger partial charge is 0.273 e. The molecule has 28 heavy (non-hydrogen) atoms. The van der Waals surface area contributed by atoms with E-state index in [9.17, 15) is 9.59 Å². The number of aryl methyl sites for hydroxylation is 1. The third-order valence-corrected chi connectivity index (χ3v) is 7.06. The van der Waals surface area contributed by atoms with Gasteiger partial charge >= 0.3 is 0 Å². The summed E-state index contributed by atoms with van der Waals surface area (Å²) in [5, 5.41) is 8.03. The van der Waals surface area contributed by atoms with E-state index in [2.05, 4.69) is 16.0 Å². The van der Waals surface area contributed by atoms with E-state index >= 15 is 0 Å². The lowest BCUT2D eigenvalue weighted by Crippen LogP contribution is -2.27. The number of fused-ring (bicyclic) bond motifs is 2. The number of rotatable bonds is 4. The quantitative estimate of drug-likeness (QED) is 0.772. The van der Waals surface area contributed by atoms with Crippen LogP contribution in [0.1, 0.15) is 52.6 Å². The Bertz CT molecular complexity index is 958. The molecule has 4 rings (SSSR count). The number of nitrogens with one attached hydrogen (secondary N) is 2. The van der Waals surface area contributed by atoms with Gasteiger partial charge in [0.15, 0.2) is 0 Å². The molecule has 148 valence electrons. The minimum absolute atomic E-state index is 0.130. The van der Waals surface area contributed by atoms with E-state index in [1.165, 1.54) is 0 Å². The van der Waals surface area contributed by atoms with Crippen molar-refractivity contribution in [1.29, 1.82) is 0 Å². The number of aromatic nitrogens is 1. The van der Waals surface area contributed by atoms with Gasteiger partial charge in [0, 0.05) is 29.8 Å². The fourth-order valence-corrected chi connectivity index (χ4v) is 5.57. The first-order chi connectivity index (χ1) is 13.6. The zero-order chi connectivity index (χ0) is 19.7. The van der Waals surface area contributed by atoms with Crippen LogP contribution in [0.25, 0.3) is 0 Å². The first-order valence-electron chi connectivity index (χ1n) is 9.64. The van der Waals surface area contributed by atoms with Crippen molar-refractivity contribution >= 4 is 33.5 Å². The lowest BCUT2D eigenvalue weighted by molar-refractivity contribution is 0.0906. The van der Waals surface area contributed by atoms with Crippen molar-refractivity contribution in [1.82, 2.24) is 9.29 Å². The molecule has 2 atom stereocenters. The number of anilines is 1. The molecular weight excluding hydrogens is 374 g/mol. The highest BCUT2D eigenvalue weighted by molar-refractivity contribution is 8.13. The van der Waals surface area contributed by atoms with Gasteiger partial charge in [0.05, 0.1) is 11.8 Å². The van der Waals surface area contributed by atoms with Crippen molar-refractivity contribution < 1.29 is 14.3 Å². The number of hydrogen-bond donors (Lipinski definition) is 2. The fraction of sp³-hybridized carbons (Fsp3) is 0.381. The Morgan fingerprint density at radius 2 is 2.29 bits per heavy atom. The third-order valence-electron chi connectivity index (χ3n) is 5.08. The molecule has 2 amide bonds. The average molecular weight is 400 g/mol. The van der Waals surface area contributed by atoms with Crippen LogP contribution in [0, 0.1) is 6.92 Å². The van der Waals surface area contributed by atoms with Gasteiger partial charge in [-0.3, -0.25) is 13.6 Å². The van der Waals surface area contributed by atoms with Crippen molar-refractivity contribution in [2.24, 2.45) is 0 Å². The van der Waals surface area contributed by atoms with E-state index in [0.717, 1.165) is 36.3 Å². The van der Waals surface area contributed by atoms with E-state index in [0.29, 0.717) is 23.5 Å². The standard InChI is InChI=1S/C21H25N3O3S/c1-3-28-19-7-6-15(20(25)22-9-8-16-5-4-10-27-16)12-17(19)23-21(26)18-11-14(2)13-24(18)28/h3,6-7,11-13,16H,4-5,8-10H2,1-2H3,(H,22,25)(H,23,26)/t16-,28?/m0/s1. The molecule has 1 saturated heterocycles. The predicted octanol–water partition coefficient (Wildman–Crippen LogP) is 3.57. The number of ether oxygens (including phenoxy) is 1. The van der Waals surface area contributed by atoms with Crippen molar-refractivity contribution in [3.63, 3.8) is 0 Å². The minimum atomic E-state index is -0.387. The molecule has 7 heteroatoms. The number of benzene rings is 1. The minimum Gasteiger partial charge on any atom is -0.378 e. The van der Waals surface area contributed by atoms with Crippen molar-refractivity contribution in [3.05, 3.63) is 47.3 Å². The van der Waals surface area contributed by atoms with Crippen molar-refractivity contribution in [2.75, 3.05) is 18.5 Å². The monoisotopic (exact) mass is 399 g/mol. The van der Waals surface area contributed by atoms with Gasteiger partial charge in [0.25, 0.3) is 11.8 Å². The Labute approximate surface area is 167 Å². The van der Waals surface area contributed by atoms with Crippen LogP contribution in [-0.4, -0.2) is 40.4 Å². The van der Waals surface area contributed by atoms with E-state index in [4.69, 9.17) is 4.74 Å². The summed E-state index contributed by atoms with van der Waals surface area (Å²) in [5.41, 5.74) is 2.93. The molecule has 0 aliphatic carbocycles. The van der Waals surface area contributed by atoms with Crippen LogP contribution in [0.4, 0.5) is 5.69 Å².